The van der Waals surface area contributed by atoms with E-state index in [1.54, 1.807) is 0 Å². The predicted octanol–water partition coefficient (Wildman–Crippen LogP) is 0.301. The average Bonchev–Trinajstić information content (AvgIpc) is 2.17. The number of hydrogen-bond acceptors (Lipinski definition) is 3. The summed E-state index contributed by atoms with van der Waals surface area (Å²) in [5.74, 6) is 3.41. The highest BCUT2D eigenvalue weighted by Crippen LogP contribution is 2.18. The van der Waals surface area contributed by atoms with Gasteiger partial charge in [0.25, 0.3) is 0 Å². The number of hydrogen-bond donors (Lipinski definition) is 1. The van der Waals surface area contributed by atoms with E-state index in [2.05, 4.69) is 12.8 Å². The molecule has 0 aliphatic carbocycles. The van der Waals surface area contributed by atoms with Gasteiger partial charge in [0.15, 0.2) is 0 Å². The second-order valence-corrected chi connectivity index (χ2v) is 5.03. The molecule has 1 amide bonds. The molecule has 1 saturated heterocycles. The second kappa shape index (κ2) is 5.28. The van der Waals surface area contributed by atoms with Crippen molar-refractivity contribution in [3.05, 3.63) is 0 Å². The average molecular weight is 212 g/mol. The van der Waals surface area contributed by atoms with Gasteiger partial charge in [0.1, 0.15) is 0 Å². The molecule has 1 aliphatic rings. The molecule has 1 aliphatic heterocycles. The summed E-state index contributed by atoms with van der Waals surface area (Å²) in [5.41, 5.74) is 5.66. The van der Waals surface area contributed by atoms with Gasteiger partial charge in [-0.25, -0.2) is 0 Å². The molecule has 1 rings (SSSR count). The van der Waals surface area contributed by atoms with E-state index in [1.165, 1.54) is 0 Å². The van der Waals surface area contributed by atoms with E-state index in [-0.39, 0.29) is 5.91 Å². The van der Waals surface area contributed by atoms with Gasteiger partial charge in [-0.3, -0.25) is 4.79 Å². The van der Waals surface area contributed by atoms with Crippen LogP contribution >= 0.6 is 11.8 Å². The smallest absolute Gasteiger partial charge is 0.240 e. The Balaban J connectivity index is 2.47. The monoisotopic (exact) mass is 212 g/mol. The van der Waals surface area contributed by atoms with Gasteiger partial charge in [0.05, 0.1) is 6.04 Å². The Labute approximate surface area is 89.4 Å². The molecule has 0 radical (unpaired) electrons. The lowest BCUT2D eigenvalue weighted by molar-refractivity contribution is -0.132. The van der Waals surface area contributed by atoms with Crippen LogP contribution in [0.1, 0.15) is 13.3 Å². The Morgan fingerprint density at radius 1 is 1.86 bits per heavy atom. The maximum absolute atomic E-state index is 11.7. The summed E-state index contributed by atoms with van der Waals surface area (Å²) in [5, 5.41) is 0.505. The third-order valence-electron chi connectivity index (χ3n) is 2.21. The Kier molecular flexibility index (Phi) is 4.30. The Bertz CT molecular complexity index is 249. The van der Waals surface area contributed by atoms with Gasteiger partial charge in [0.2, 0.25) is 5.91 Å². The maximum atomic E-state index is 11.7. The van der Waals surface area contributed by atoms with Crippen LogP contribution in [0.5, 0.6) is 0 Å². The first-order chi connectivity index (χ1) is 6.65. The van der Waals surface area contributed by atoms with Crippen LogP contribution in [-0.4, -0.2) is 40.9 Å². The van der Waals surface area contributed by atoms with Crippen LogP contribution in [0.25, 0.3) is 0 Å². The molecule has 0 aromatic carbocycles. The highest BCUT2D eigenvalue weighted by molar-refractivity contribution is 7.99. The highest BCUT2D eigenvalue weighted by Gasteiger charge is 2.24. The van der Waals surface area contributed by atoms with E-state index in [0.29, 0.717) is 11.7 Å². The first-order valence-electron chi connectivity index (χ1n) is 4.74. The first kappa shape index (κ1) is 11.4. The molecule has 0 aromatic heterocycles. The number of carbonyl (C=O) groups excluding carboxylic acids is 1. The van der Waals surface area contributed by atoms with E-state index in [4.69, 9.17) is 12.2 Å². The molecule has 0 aromatic rings. The van der Waals surface area contributed by atoms with Crippen molar-refractivity contribution in [3.8, 4) is 12.3 Å². The van der Waals surface area contributed by atoms with Crippen molar-refractivity contribution >= 4 is 17.7 Å². The third-order valence-corrected chi connectivity index (χ3v) is 3.34. The standard InChI is InChI=1S/C10H16N2OS/c1-3-4-9(11)10(13)12-5-6-14-8(2)7-12/h1,8-9H,4-7,11H2,2H3. The van der Waals surface area contributed by atoms with Crippen LogP contribution in [0.15, 0.2) is 0 Å². The molecular formula is C10H16N2OS. The molecule has 2 atom stereocenters. The quantitative estimate of drug-likeness (QED) is 0.670. The summed E-state index contributed by atoms with van der Waals surface area (Å²) >= 11 is 1.89. The van der Waals surface area contributed by atoms with Gasteiger partial charge in [-0.05, 0) is 0 Å². The Hall–Kier alpha value is -0.660. The minimum Gasteiger partial charge on any atom is -0.339 e. The van der Waals surface area contributed by atoms with Crippen molar-refractivity contribution in [3.63, 3.8) is 0 Å². The number of thioether (sulfide) groups is 1. The van der Waals surface area contributed by atoms with Crippen LogP contribution in [-0.2, 0) is 4.79 Å². The van der Waals surface area contributed by atoms with Gasteiger partial charge >= 0.3 is 0 Å². The summed E-state index contributed by atoms with van der Waals surface area (Å²) < 4.78 is 0. The summed E-state index contributed by atoms with van der Waals surface area (Å²) in [6.45, 7) is 3.71. The highest BCUT2D eigenvalue weighted by atomic mass is 32.2. The lowest BCUT2D eigenvalue weighted by Gasteiger charge is -2.32. The van der Waals surface area contributed by atoms with Gasteiger partial charge < -0.3 is 10.6 Å². The topological polar surface area (TPSA) is 46.3 Å². The van der Waals surface area contributed by atoms with Crippen LogP contribution in [0.2, 0.25) is 0 Å². The predicted molar refractivity (Wildman–Crippen MR) is 59.9 cm³/mol. The minimum atomic E-state index is -0.518. The molecule has 0 saturated carbocycles. The van der Waals surface area contributed by atoms with Gasteiger partial charge in [-0.2, -0.15) is 11.8 Å². The zero-order chi connectivity index (χ0) is 10.6. The van der Waals surface area contributed by atoms with Crippen molar-refractivity contribution in [1.29, 1.82) is 0 Å². The SMILES string of the molecule is C#CCC(N)C(=O)N1CCSC(C)C1. The third kappa shape index (κ3) is 2.93. The molecule has 14 heavy (non-hydrogen) atoms. The second-order valence-electron chi connectivity index (χ2n) is 3.48. The van der Waals surface area contributed by atoms with Crippen LogP contribution < -0.4 is 5.73 Å². The number of terminal acetylenes is 1. The number of amides is 1. The molecule has 0 spiro atoms. The normalized spacial score (nSPS) is 24.1. The molecular weight excluding hydrogens is 196 g/mol. The molecule has 1 heterocycles. The summed E-state index contributed by atoms with van der Waals surface area (Å²) in [4.78, 5) is 13.6. The molecule has 3 nitrogen and oxygen atoms in total. The van der Waals surface area contributed by atoms with Crippen molar-refractivity contribution in [2.24, 2.45) is 5.73 Å². The largest absolute Gasteiger partial charge is 0.339 e. The van der Waals surface area contributed by atoms with Crippen molar-refractivity contribution in [2.75, 3.05) is 18.8 Å². The number of rotatable bonds is 2. The fourth-order valence-electron chi connectivity index (χ4n) is 1.47. The minimum absolute atomic E-state index is 0.00454. The number of nitrogens with zero attached hydrogens (tertiary/aromatic N) is 1. The van der Waals surface area contributed by atoms with Crippen molar-refractivity contribution in [2.45, 2.75) is 24.6 Å². The lowest BCUT2D eigenvalue weighted by atomic mass is 10.2. The van der Waals surface area contributed by atoms with Gasteiger partial charge in [-0.1, -0.05) is 6.92 Å². The van der Waals surface area contributed by atoms with E-state index in [0.717, 1.165) is 18.8 Å². The van der Waals surface area contributed by atoms with Gasteiger partial charge in [0, 0.05) is 30.5 Å². The molecule has 2 N–H and O–H groups in total. The maximum Gasteiger partial charge on any atom is 0.240 e. The first-order valence-corrected chi connectivity index (χ1v) is 5.79. The van der Waals surface area contributed by atoms with E-state index in [1.807, 2.05) is 16.7 Å². The molecule has 1 fully saturated rings. The fraction of sp³-hybridized carbons (Fsp3) is 0.700. The summed E-state index contributed by atoms with van der Waals surface area (Å²) in [7, 11) is 0. The molecule has 78 valence electrons. The zero-order valence-electron chi connectivity index (χ0n) is 8.40. The Morgan fingerprint density at radius 3 is 3.14 bits per heavy atom. The molecule has 2 unspecified atom stereocenters. The van der Waals surface area contributed by atoms with Crippen LogP contribution in [0.4, 0.5) is 0 Å². The zero-order valence-corrected chi connectivity index (χ0v) is 9.22. The lowest BCUT2D eigenvalue weighted by Crippen LogP contribution is -2.48. The number of carbonyl (C=O) groups is 1. The van der Waals surface area contributed by atoms with Crippen molar-refractivity contribution in [1.82, 2.24) is 4.90 Å². The fourth-order valence-corrected chi connectivity index (χ4v) is 2.48. The van der Waals surface area contributed by atoms with Crippen LogP contribution in [0, 0.1) is 12.3 Å². The summed E-state index contributed by atoms with van der Waals surface area (Å²) in [6.07, 6.45) is 5.45. The molecule has 0 bridgehead atoms. The van der Waals surface area contributed by atoms with Crippen LogP contribution in [0.3, 0.4) is 0 Å². The van der Waals surface area contributed by atoms with Gasteiger partial charge in [-0.15, -0.1) is 12.3 Å². The van der Waals surface area contributed by atoms with E-state index in [9.17, 15) is 4.79 Å². The van der Waals surface area contributed by atoms with Crippen molar-refractivity contribution < 1.29 is 4.79 Å². The number of nitrogens with two attached hydrogens (primary N) is 1. The van der Waals surface area contributed by atoms with E-state index < -0.39 is 6.04 Å². The summed E-state index contributed by atoms with van der Waals surface area (Å²) in [6, 6.07) is -0.518. The van der Waals surface area contributed by atoms with E-state index >= 15 is 0 Å². The Morgan fingerprint density at radius 2 is 2.57 bits per heavy atom. The molecule has 4 heteroatoms.